The van der Waals surface area contributed by atoms with Crippen LogP contribution >= 0.6 is 11.5 Å². The van der Waals surface area contributed by atoms with Crippen LogP contribution in [0.5, 0.6) is 0 Å². The van der Waals surface area contributed by atoms with Gasteiger partial charge in [0.2, 0.25) is 5.13 Å². The Balaban J connectivity index is 1.58. The van der Waals surface area contributed by atoms with E-state index in [1.807, 2.05) is 0 Å². The molecule has 1 aliphatic rings. The zero-order valence-corrected chi connectivity index (χ0v) is 14.9. The van der Waals surface area contributed by atoms with E-state index in [1.165, 1.54) is 23.7 Å². The zero-order valence-electron chi connectivity index (χ0n) is 14.0. The average Bonchev–Trinajstić information content (AvgIpc) is 3.03. The van der Waals surface area contributed by atoms with Crippen LogP contribution in [0.25, 0.3) is 0 Å². The van der Waals surface area contributed by atoms with Crippen LogP contribution in [-0.2, 0) is 6.42 Å². The summed E-state index contributed by atoms with van der Waals surface area (Å²) in [5.74, 6) is 1.28. The number of piperidine rings is 1. The smallest absolute Gasteiger partial charge is 0.205 e. The molecule has 0 amide bonds. The van der Waals surface area contributed by atoms with Crippen molar-refractivity contribution in [3.8, 4) is 0 Å². The molecule has 3 rings (SSSR count). The maximum absolute atomic E-state index is 13.0. The fraction of sp³-hybridized carbons (Fsp3) is 0.500. The van der Waals surface area contributed by atoms with Crippen molar-refractivity contribution in [2.24, 2.45) is 11.8 Å². The van der Waals surface area contributed by atoms with Crippen molar-refractivity contribution in [2.75, 3.05) is 18.0 Å². The number of benzene rings is 1. The number of rotatable bonds is 5. The van der Waals surface area contributed by atoms with Crippen LogP contribution in [0, 0.1) is 17.7 Å². The first-order chi connectivity index (χ1) is 11.5. The molecule has 2 heterocycles. The first-order valence-corrected chi connectivity index (χ1v) is 9.17. The van der Waals surface area contributed by atoms with Crippen LogP contribution in [0.3, 0.4) is 0 Å². The van der Waals surface area contributed by atoms with Crippen molar-refractivity contribution in [1.29, 1.82) is 0 Å². The standard InChI is InChI=1S/C18H22FN3OS/c1-12(2)11-16-20-18(24-21-16)22-9-7-14(8-10-22)17(23)13-3-5-15(19)6-4-13/h3-6,12,14H,7-11H2,1-2H3. The number of carbonyl (C=O) groups is 1. The van der Waals surface area contributed by atoms with E-state index in [1.54, 1.807) is 12.1 Å². The minimum Gasteiger partial charge on any atom is -0.347 e. The predicted molar refractivity (Wildman–Crippen MR) is 94.1 cm³/mol. The fourth-order valence-electron chi connectivity index (χ4n) is 3.00. The molecule has 0 bridgehead atoms. The van der Waals surface area contributed by atoms with Gasteiger partial charge in [0.15, 0.2) is 5.78 Å². The highest BCUT2D eigenvalue weighted by Crippen LogP contribution is 2.27. The van der Waals surface area contributed by atoms with Crippen LogP contribution in [0.2, 0.25) is 0 Å². The average molecular weight is 347 g/mol. The SMILES string of the molecule is CC(C)Cc1nsc(N2CCC(C(=O)c3ccc(F)cc3)CC2)n1. The molecular formula is C18H22FN3OS. The summed E-state index contributed by atoms with van der Waals surface area (Å²) in [4.78, 5) is 19.4. The molecule has 1 saturated heterocycles. The highest BCUT2D eigenvalue weighted by atomic mass is 32.1. The second-order valence-corrected chi connectivity index (χ2v) is 7.45. The molecule has 0 N–H and O–H groups in total. The molecule has 1 aliphatic heterocycles. The molecule has 0 unspecified atom stereocenters. The van der Waals surface area contributed by atoms with Gasteiger partial charge in [-0.2, -0.15) is 4.37 Å². The Morgan fingerprint density at radius 1 is 1.29 bits per heavy atom. The van der Waals surface area contributed by atoms with Crippen molar-refractivity contribution in [3.63, 3.8) is 0 Å². The number of ketones is 1. The van der Waals surface area contributed by atoms with Crippen molar-refractivity contribution in [2.45, 2.75) is 33.1 Å². The van der Waals surface area contributed by atoms with E-state index in [9.17, 15) is 9.18 Å². The van der Waals surface area contributed by atoms with Gasteiger partial charge in [0.1, 0.15) is 11.6 Å². The Hall–Kier alpha value is -1.82. The summed E-state index contributed by atoms with van der Waals surface area (Å²) >= 11 is 1.44. The molecule has 24 heavy (non-hydrogen) atoms. The number of aromatic nitrogens is 2. The molecule has 0 saturated carbocycles. The zero-order chi connectivity index (χ0) is 17.1. The lowest BCUT2D eigenvalue weighted by atomic mass is 9.89. The fourth-order valence-corrected chi connectivity index (χ4v) is 3.75. The van der Waals surface area contributed by atoms with Gasteiger partial charge in [-0.15, -0.1) is 0 Å². The molecule has 0 radical (unpaired) electrons. The third-order valence-corrected chi connectivity index (χ3v) is 5.13. The minimum absolute atomic E-state index is 0.00904. The van der Waals surface area contributed by atoms with E-state index in [0.29, 0.717) is 11.5 Å². The lowest BCUT2D eigenvalue weighted by Crippen LogP contribution is -2.36. The van der Waals surface area contributed by atoms with E-state index in [4.69, 9.17) is 0 Å². The molecule has 1 aromatic carbocycles. The Kier molecular flexibility index (Phi) is 5.23. The van der Waals surface area contributed by atoms with Crippen LogP contribution in [0.4, 0.5) is 9.52 Å². The van der Waals surface area contributed by atoms with Gasteiger partial charge in [0.05, 0.1) is 0 Å². The third kappa shape index (κ3) is 3.98. The molecule has 6 heteroatoms. The predicted octanol–water partition coefficient (Wildman–Crippen LogP) is 3.98. The van der Waals surface area contributed by atoms with Gasteiger partial charge in [0.25, 0.3) is 0 Å². The van der Waals surface area contributed by atoms with E-state index in [0.717, 1.165) is 43.3 Å². The number of hydrogen-bond donors (Lipinski definition) is 0. The molecule has 0 spiro atoms. The normalized spacial score (nSPS) is 15.9. The summed E-state index contributed by atoms with van der Waals surface area (Å²) in [5.41, 5.74) is 0.602. The lowest BCUT2D eigenvalue weighted by Gasteiger charge is -2.30. The summed E-state index contributed by atoms with van der Waals surface area (Å²) < 4.78 is 17.4. The van der Waals surface area contributed by atoms with Gasteiger partial charge in [-0.25, -0.2) is 9.37 Å². The quantitative estimate of drug-likeness (QED) is 0.768. The van der Waals surface area contributed by atoms with Crippen molar-refractivity contribution in [3.05, 3.63) is 41.5 Å². The number of hydrogen-bond acceptors (Lipinski definition) is 5. The number of Topliss-reactive ketones (excluding diaryl/α,β-unsaturated/α-hetero) is 1. The highest BCUT2D eigenvalue weighted by molar-refractivity contribution is 7.09. The molecular weight excluding hydrogens is 325 g/mol. The molecule has 128 valence electrons. The summed E-state index contributed by atoms with van der Waals surface area (Å²) in [7, 11) is 0. The van der Waals surface area contributed by atoms with E-state index >= 15 is 0 Å². The summed E-state index contributed by atoms with van der Waals surface area (Å²) in [6, 6.07) is 5.85. The molecule has 1 aromatic heterocycles. The van der Waals surface area contributed by atoms with Gasteiger partial charge in [-0.3, -0.25) is 4.79 Å². The Morgan fingerprint density at radius 3 is 2.58 bits per heavy atom. The first-order valence-electron chi connectivity index (χ1n) is 8.40. The third-order valence-electron chi connectivity index (χ3n) is 4.31. The summed E-state index contributed by atoms with van der Waals surface area (Å²) in [5, 5.41) is 0.957. The molecule has 0 aliphatic carbocycles. The van der Waals surface area contributed by atoms with Gasteiger partial charge in [0, 0.05) is 42.5 Å². The van der Waals surface area contributed by atoms with Crippen LogP contribution in [-0.4, -0.2) is 28.2 Å². The monoisotopic (exact) mass is 347 g/mol. The maximum atomic E-state index is 13.0. The van der Waals surface area contributed by atoms with Crippen molar-refractivity contribution in [1.82, 2.24) is 9.36 Å². The second kappa shape index (κ2) is 7.38. The van der Waals surface area contributed by atoms with Crippen LogP contribution < -0.4 is 4.90 Å². The van der Waals surface area contributed by atoms with Crippen LogP contribution in [0.1, 0.15) is 42.9 Å². The van der Waals surface area contributed by atoms with Gasteiger partial charge < -0.3 is 4.90 Å². The maximum Gasteiger partial charge on any atom is 0.205 e. The molecule has 4 nitrogen and oxygen atoms in total. The molecule has 2 aromatic rings. The van der Waals surface area contributed by atoms with Crippen molar-refractivity contribution >= 4 is 22.4 Å². The van der Waals surface area contributed by atoms with Crippen molar-refractivity contribution < 1.29 is 9.18 Å². The van der Waals surface area contributed by atoms with Gasteiger partial charge in [-0.05, 0) is 43.0 Å². The van der Waals surface area contributed by atoms with E-state index in [2.05, 4.69) is 28.1 Å². The second-order valence-electron chi connectivity index (χ2n) is 6.72. The first kappa shape index (κ1) is 17.0. The summed E-state index contributed by atoms with van der Waals surface area (Å²) in [6.07, 6.45) is 2.50. The molecule has 0 atom stereocenters. The summed E-state index contributed by atoms with van der Waals surface area (Å²) in [6.45, 7) is 5.95. The number of halogens is 1. The number of nitrogens with zero attached hydrogens (tertiary/aromatic N) is 3. The Bertz CT molecular complexity index is 691. The van der Waals surface area contributed by atoms with E-state index in [-0.39, 0.29) is 17.5 Å². The molecule has 1 fully saturated rings. The Labute approximate surface area is 145 Å². The van der Waals surface area contributed by atoms with E-state index < -0.39 is 0 Å². The van der Waals surface area contributed by atoms with Gasteiger partial charge >= 0.3 is 0 Å². The highest BCUT2D eigenvalue weighted by Gasteiger charge is 2.27. The Morgan fingerprint density at radius 2 is 1.96 bits per heavy atom. The van der Waals surface area contributed by atoms with Crippen LogP contribution in [0.15, 0.2) is 24.3 Å². The largest absolute Gasteiger partial charge is 0.347 e. The number of anilines is 1. The number of carbonyl (C=O) groups excluding carboxylic acids is 1. The van der Waals surface area contributed by atoms with Gasteiger partial charge in [-0.1, -0.05) is 13.8 Å². The minimum atomic E-state index is -0.310. The lowest BCUT2D eigenvalue weighted by molar-refractivity contribution is 0.0900. The topological polar surface area (TPSA) is 46.1 Å².